The van der Waals surface area contributed by atoms with E-state index in [9.17, 15) is 0 Å². The van der Waals surface area contributed by atoms with Gasteiger partial charge < -0.3 is 10.1 Å². The van der Waals surface area contributed by atoms with E-state index in [0.717, 1.165) is 44.1 Å². The SMILES string of the molecule is CCNC1CCC(N2CCOc3ccccc3C2)CC1. The van der Waals surface area contributed by atoms with Crippen molar-refractivity contribution < 1.29 is 4.74 Å². The van der Waals surface area contributed by atoms with Crippen molar-refractivity contribution in [3.8, 4) is 5.75 Å². The lowest BCUT2D eigenvalue weighted by Gasteiger charge is -2.36. The number of para-hydroxylation sites is 1. The summed E-state index contributed by atoms with van der Waals surface area (Å²) in [6.45, 7) is 6.23. The minimum absolute atomic E-state index is 0.736. The van der Waals surface area contributed by atoms with Crippen LogP contribution < -0.4 is 10.1 Å². The molecule has 20 heavy (non-hydrogen) atoms. The molecule has 1 N–H and O–H groups in total. The molecule has 3 rings (SSSR count). The van der Waals surface area contributed by atoms with Crippen molar-refractivity contribution in [1.29, 1.82) is 0 Å². The van der Waals surface area contributed by atoms with Gasteiger partial charge in [0.05, 0.1) is 0 Å². The molecule has 1 heterocycles. The summed E-state index contributed by atoms with van der Waals surface area (Å²) < 4.78 is 5.88. The molecule has 0 bridgehead atoms. The maximum Gasteiger partial charge on any atom is 0.123 e. The van der Waals surface area contributed by atoms with E-state index in [1.165, 1.54) is 31.2 Å². The van der Waals surface area contributed by atoms with Crippen molar-refractivity contribution in [2.45, 2.75) is 51.2 Å². The molecule has 1 saturated carbocycles. The molecule has 110 valence electrons. The Morgan fingerprint density at radius 3 is 2.80 bits per heavy atom. The van der Waals surface area contributed by atoms with Crippen molar-refractivity contribution >= 4 is 0 Å². The first-order valence-electron chi connectivity index (χ1n) is 8.05. The quantitative estimate of drug-likeness (QED) is 0.917. The Morgan fingerprint density at radius 2 is 2.00 bits per heavy atom. The molecule has 1 aliphatic heterocycles. The zero-order valence-electron chi connectivity index (χ0n) is 12.5. The van der Waals surface area contributed by atoms with Gasteiger partial charge in [0, 0.05) is 30.7 Å². The van der Waals surface area contributed by atoms with E-state index < -0.39 is 0 Å². The van der Waals surface area contributed by atoms with Gasteiger partial charge in [-0.15, -0.1) is 0 Å². The molecule has 1 aromatic rings. The van der Waals surface area contributed by atoms with Crippen LogP contribution in [0, 0.1) is 0 Å². The first-order chi connectivity index (χ1) is 9.86. The van der Waals surface area contributed by atoms with Crippen LogP contribution >= 0.6 is 0 Å². The summed E-state index contributed by atoms with van der Waals surface area (Å²) in [6.07, 6.45) is 5.27. The van der Waals surface area contributed by atoms with Crippen LogP contribution in [0.4, 0.5) is 0 Å². The second kappa shape index (κ2) is 6.59. The predicted octanol–water partition coefficient (Wildman–Crippen LogP) is 2.80. The summed E-state index contributed by atoms with van der Waals surface area (Å²) in [4.78, 5) is 2.63. The van der Waals surface area contributed by atoms with E-state index in [1.807, 2.05) is 0 Å². The van der Waals surface area contributed by atoms with Crippen molar-refractivity contribution in [2.24, 2.45) is 0 Å². The highest BCUT2D eigenvalue weighted by Gasteiger charge is 2.27. The minimum atomic E-state index is 0.736. The summed E-state index contributed by atoms with van der Waals surface area (Å²) in [6, 6.07) is 9.97. The first kappa shape index (κ1) is 13.9. The molecule has 2 aliphatic rings. The Labute approximate surface area is 122 Å². The second-order valence-corrected chi connectivity index (χ2v) is 5.99. The zero-order chi connectivity index (χ0) is 13.8. The van der Waals surface area contributed by atoms with Crippen LogP contribution in [0.3, 0.4) is 0 Å². The lowest BCUT2D eigenvalue weighted by molar-refractivity contribution is 0.127. The van der Waals surface area contributed by atoms with Crippen molar-refractivity contribution in [3.63, 3.8) is 0 Å². The minimum Gasteiger partial charge on any atom is -0.492 e. The first-order valence-corrected chi connectivity index (χ1v) is 8.05. The van der Waals surface area contributed by atoms with E-state index in [0.29, 0.717) is 0 Å². The number of ether oxygens (including phenoxy) is 1. The molecule has 0 aromatic heterocycles. The fourth-order valence-corrected chi connectivity index (χ4v) is 3.59. The van der Waals surface area contributed by atoms with Crippen LogP contribution in [0.15, 0.2) is 24.3 Å². The number of hydrogen-bond donors (Lipinski definition) is 1. The maximum absolute atomic E-state index is 5.88. The summed E-state index contributed by atoms with van der Waals surface area (Å²) in [7, 11) is 0. The molecule has 1 aromatic carbocycles. The zero-order valence-corrected chi connectivity index (χ0v) is 12.5. The van der Waals surface area contributed by atoms with Crippen molar-refractivity contribution in [2.75, 3.05) is 19.7 Å². The highest BCUT2D eigenvalue weighted by atomic mass is 16.5. The Hall–Kier alpha value is -1.06. The Bertz CT molecular complexity index is 427. The lowest BCUT2D eigenvalue weighted by Crippen LogP contribution is -2.42. The summed E-state index contributed by atoms with van der Waals surface area (Å²) in [5.41, 5.74) is 1.35. The lowest BCUT2D eigenvalue weighted by atomic mass is 9.90. The van der Waals surface area contributed by atoms with Gasteiger partial charge in [0.25, 0.3) is 0 Å². The van der Waals surface area contributed by atoms with Crippen LogP contribution in [0.1, 0.15) is 38.2 Å². The Balaban J connectivity index is 1.61. The van der Waals surface area contributed by atoms with E-state index in [4.69, 9.17) is 4.74 Å². The Kier molecular flexibility index (Phi) is 4.58. The van der Waals surface area contributed by atoms with Gasteiger partial charge >= 0.3 is 0 Å². The smallest absolute Gasteiger partial charge is 0.123 e. The number of nitrogens with one attached hydrogen (secondary N) is 1. The molecule has 0 atom stereocenters. The predicted molar refractivity (Wildman–Crippen MR) is 82.1 cm³/mol. The third kappa shape index (κ3) is 3.15. The van der Waals surface area contributed by atoms with Crippen LogP contribution in [0.5, 0.6) is 5.75 Å². The number of fused-ring (bicyclic) bond motifs is 1. The topological polar surface area (TPSA) is 24.5 Å². The summed E-state index contributed by atoms with van der Waals surface area (Å²) in [5, 5.41) is 3.59. The summed E-state index contributed by atoms with van der Waals surface area (Å²) >= 11 is 0. The van der Waals surface area contributed by atoms with E-state index in [2.05, 4.69) is 41.4 Å². The number of nitrogens with zero attached hydrogens (tertiary/aromatic N) is 1. The molecule has 0 amide bonds. The highest BCUT2D eigenvalue weighted by Crippen LogP contribution is 2.28. The van der Waals surface area contributed by atoms with Gasteiger partial charge in [-0.3, -0.25) is 4.90 Å². The van der Waals surface area contributed by atoms with E-state index in [1.54, 1.807) is 0 Å². The fourth-order valence-electron chi connectivity index (χ4n) is 3.59. The van der Waals surface area contributed by atoms with Crippen molar-refractivity contribution in [3.05, 3.63) is 29.8 Å². The average Bonchev–Trinajstić information content (AvgIpc) is 2.70. The van der Waals surface area contributed by atoms with Gasteiger partial charge in [-0.2, -0.15) is 0 Å². The average molecular weight is 274 g/mol. The third-order valence-corrected chi connectivity index (χ3v) is 4.69. The number of rotatable bonds is 3. The maximum atomic E-state index is 5.88. The van der Waals surface area contributed by atoms with Gasteiger partial charge in [0.15, 0.2) is 0 Å². The number of hydrogen-bond acceptors (Lipinski definition) is 3. The second-order valence-electron chi connectivity index (χ2n) is 5.99. The molecule has 3 heteroatoms. The monoisotopic (exact) mass is 274 g/mol. The molecular formula is C17H26N2O. The van der Waals surface area contributed by atoms with Gasteiger partial charge in [-0.1, -0.05) is 25.1 Å². The van der Waals surface area contributed by atoms with Gasteiger partial charge in [-0.25, -0.2) is 0 Å². The van der Waals surface area contributed by atoms with Crippen LogP contribution in [-0.4, -0.2) is 36.7 Å². The highest BCUT2D eigenvalue weighted by molar-refractivity contribution is 5.33. The molecular weight excluding hydrogens is 248 g/mol. The molecule has 0 saturated heterocycles. The third-order valence-electron chi connectivity index (χ3n) is 4.69. The van der Waals surface area contributed by atoms with Gasteiger partial charge in [0.1, 0.15) is 12.4 Å². The standard InChI is InChI=1S/C17H26N2O/c1-2-18-15-7-9-16(10-8-15)19-11-12-20-17-6-4-3-5-14(17)13-19/h3-6,15-16,18H,2,7-13H2,1H3. The molecule has 0 spiro atoms. The van der Waals surface area contributed by atoms with Crippen molar-refractivity contribution in [1.82, 2.24) is 10.2 Å². The summed E-state index contributed by atoms with van der Waals surface area (Å²) in [5.74, 6) is 1.08. The van der Waals surface area contributed by atoms with E-state index in [-0.39, 0.29) is 0 Å². The molecule has 0 radical (unpaired) electrons. The van der Waals surface area contributed by atoms with Crippen LogP contribution in [-0.2, 0) is 6.54 Å². The van der Waals surface area contributed by atoms with Crippen LogP contribution in [0.2, 0.25) is 0 Å². The fraction of sp³-hybridized carbons (Fsp3) is 0.647. The molecule has 1 fully saturated rings. The van der Waals surface area contributed by atoms with Gasteiger partial charge in [0.2, 0.25) is 0 Å². The van der Waals surface area contributed by atoms with Gasteiger partial charge in [-0.05, 0) is 38.3 Å². The Morgan fingerprint density at radius 1 is 1.20 bits per heavy atom. The molecule has 1 aliphatic carbocycles. The normalized spacial score (nSPS) is 27.4. The largest absolute Gasteiger partial charge is 0.492 e. The van der Waals surface area contributed by atoms with E-state index >= 15 is 0 Å². The van der Waals surface area contributed by atoms with Crippen LogP contribution in [0.25, 0.3) is 0 Å². The molecule has 0 unspecified atom stereocenters. The number of benzene rings is 1. The molecule has 3 nitrogen and oxygen atoms in total.